The van der Waals surface area contributed by atoms with Gasteiger partial charge in [-0.15, -0.1) is 0 Å². The molecule has 4 rings (SSSR count). The molecule has 1 N–H and O–H groups in total. The third-order valence-corrected chi connectivity index (χ3v) is 4.33. The van der Waals surface area contributed by atoms with Crippen LogP contribution in [0.15, 0.2) is 36.7 Å². The predicted octanol–water partition coefficient (Wildman–Crippen LogP) is 2.46. The number of benzene rings is 1. The summed E-state index contributed by atoms with van der Waals surface area (Å²) in [4.78, 5) is 11.9. The first-order chi connectivity index (χ1) is 11.3. The van der Waals surface area contributed by atoms with E-state index in [2.05, 4.69) is 10.4 Å². The van der Waals surface area contributed by atoms with Gasteiger partial charge in [-0.1, -0.05) is 18.6 Å². The molecular weight excluding hydrogens is 294 g/mol. The zero-order valence-corrected chi connectivity index (χ0v) is 12.8. The number of para-hydroxylation sites is 2. The van der Waals surface area contributed by atoms with Crippen LogP contribution in [0.25, 0.3) is 0 Å². The molecule has 1 aromatic heterocycles. The normalized spacial score (nSPS) is 19.9. The fraction of sp³-hybridized carbons (Fsp3) is 0.412. The van der Waals surface area contributed by atoms with E-state index in [4.69, 9.17) is 9.47 Å². The number of amides is 1. The number of hydrogen-bond acceptors (Lipinski definition) is 4. The fourth-order valence-corrected chi connectivity index (χ4v) is 2.80. The Hall–Kier alpha value is -2.50. The van der Waals surface area contributed by atoms with Gasteiger partial charge in [-0.3, -0.25) is 9.48 Å². The van der Waals surface area contributed by atoms with Crippen molar-refractivity contribution in [1.82, 2.24) is 9.78 Å². The van der Waals surface area contributed by atoms with E-state index in [0.29, 0.717) is 13.2 Å². The summed E-state index contributed by atoms with van der Waals surface area (Å²) < 4.78 is 13.4. The quantitative estimate of drug-likeness (QED) is 0.941. The van der Waals surface area contributed by atoms with Gasteiger partial charge in [0.05, 0.1) is 18.4 Å². The van der Waals surface area contributed by atoms with E-state index >= 15 is 0 Å². The van der Waals surface area contributed by atoms with Crippen molar-refractivity contribution in [2.75, 3.05) is 11.9 Å². The molecule has 1 aliphatic carbocycles. The van der Waals surface area contributed by atoms with Gasteiger partial charge in [0.15, 0.2) is 17.6 Å². The predicted molar refractivity (Wildman–Crippen MR) is 84.6 cm³/mol. The number of anilines is 1. The summed E-state index contributed by atoms with van der Waals surface area (Å²) in [5.74, 6) is 1.80. The van der Waals surface area contributed by atoms with Gasteiger partial charge in [-0.25, -0.2) is 0 Å². The van der Waals surface area contributed by atoms with E-state index < -0.39 is 0 Å². The second-order valence-corrected chi connectivity index (χ2v) is 6.07. The number of nitrogens with zero attached hydrogens (tertiary/aromatic N) is 2. The fourth-order valence-electron chi connectivity index (χ4n) is 2.80. The van der Waals surface area contributed by atoms with Gasteiger partial charge < -0.3 is 14.8 Å². The van der Waals surface area contributed by atoms with Crippen molar-refractivity contribution in [2.24, 2.45) is 5.92 Å². The molecule has 1 aliphatic heterocycles. The highest BCUT2D eigenvalue weighted by Gasteiger charge is 2.26. The Morgan fingerprint density at radius 2 is 2.13 bits per heavy atom. The van der Waals surface area contributed by atoms with Crippen LogP contribution in [0.1, 0.15) is 19.3 Å². The summed E-state index contributed by atoms with van der Waals surface area (Å²) in [6.45, 7) is 1.06. The summed E-state index contributed by atoms with van der Waals surface area (Å²) in [5.41, 5.74) is 0.735. The number of hydrogen-bond donors (Lipinski definition) is 1. The standard InChI is InChI=1S/C17H19N3O3/c21-17(12-4-3-5-12)19-13-8-18-20(9-13)10-14-11-22-15-6-1-2-7-16(15)23-14/h1-2,6-9,12,14H,3-5,10-11H2,(H,19,21). The molecule has 0 spiro atoms. The molecule has 1 fully saturated rings. The van der Waals surface area contributed by atoms with Gasteiger partial charge in [0.1, 0.15) is 6.61 Å². The Morgan fingerprint density at radius 3 is 2.91 bits per heavy atom. The van der Waals surface area contributed by atoms with Crippen molar-refractivity contribution < 1.29 is 14.3 Å². The largest absolute Gasteiger partial charge is 0.486 e. The number of fused-ring (bicyclic) bond motifs is 1. The minimum atomic E-state index is -0.0972. The molecule has 0 bridgehead atoms. The maximum atomic E-state index is 11.9. The van der Waals surface area contributed by atoms with Crippen LogP contribution in [0.3, 0.4) is 0 Å². The maximum absolute atomic E-state index is 11.9. The van der Waals surface area contributed by atoms with Crippen LogP contribution in [0.5, 0.6) is 11.5 Å². The molecule has 2 aromatic rings. The van der Waals surface area contributed by atoms with Gasteiger partial charge in [0, 0.05) is 12.1 Å². The highest BCUT2D eigenvalue weighted by atomic mass is 16.6. The third kappa shape index (κ3) is 3.02. The topological polar surface area (TPSA) is 65.4 Å². The number of carbonyl (C=O) groups is 1. The number of rotatable bonds is 4. The highest BCUT2D eigenvalue weighted by Crippen LogP contribution is 2.31. The van der Waals surface area contributed by atoms with Crippen molar-refractivity contribution in [2.45, 2.75) is 31.9 Å². The Labute approximate surface area is 134 Å². The molecule has 0 radical (unpaired) electrons. The average Bonchev–Trinajstić information content (AvgIpc) is 2.92. The molecule has 1 atom stereocenters. The average molecular weight is 313 g/mol. The van der Waals surface area contributed by atoms with Gasteiger partial charge in [-0.2, -0.15) is 5.10 Å². The van der Waals surface area contributed by atoms with E-state index in [9.17, 15) is 4.79 Å². The van der Waals surface area contributed by atoms with Crippen LogP contribution in [-0.2, 0) is 11.3 Å². The lowest BCUT2D eigenvalue weighted by atomic mass is 9.85. The van der Waals surface area contributed by atoms with Crippen LogP contribution in [0.2, 0.25) is 0 Å². The lowest BCUT2D eigenvalue weighted by Crippen LogP contribution is -2.33. The van der Waals surface area contributed by atoms with Gasteiger partial charge in [0.25, 0.3) is 0 Å². The van der Waals surface area contributed by atoms with Crippen molar-refractivity contribution in [3.63, 3.8) is 0 Å². The summed E-state index contributed by atoms with van der Waals surface area (Å²) in [7, 11) is 0. The molecule has 6 heteroatoms. The van der Waals surface area contributed by atoms with Crippen molar-refractivity contribution >= 4 is 11.6 Å². The molecule has 2 heterocycles. The molecule has 0 saturated heterocycles. The maximum Gasteiger partial charge on any atom is 0.227 e. The van der Waals surface area contributed by atoms with Crippen molar-refractivity contribution in [3.8, 4) is 11.5 Å². The van der Waals surface area contributed by atoms with Crippen LogP contribution >= 0.6 is 0 Å². The van der Waals surface area contributed by atoms with Crippen molar-refractivity contribution in [1.29, 1.82) is 0 Å². The van der Waals surface area contributed by atoms with Gasteiger partial charge in [-0.05, 0) is 25.0 Å². The summed E-state index contributed by atoms with van der Waals surface area (Å²) >= 11 is 0. The first kappa shape index (κ1) is 14.1. The smallest absolute Gasteiger partial charge is 0.227 e. The van der Waals surface area contributed by atoms with Gasteiger partial charge >= 0.3 is 0 Å². The lowest BCUT2D eigenvalue weighted by molar-refractivity contribution is -0.122. The number of nitrogens with one attached hydrogen (secondary N) is 1. The summed E-state index contributed by atoms with van der Waals surface area (Å²) in [5, 5.41) is 7.21. The van der Waals surface area contributed by atoms with Crippen LogP contribution in [-0.4, -0.2) is 28.4 Å². The van der Waals surface area contributed by atoms with Crippen LogP contribution in [0.4, 0.5) is 5.69 Å². The van der Waals surface area contributed by atoms with Crippen LogP contribution < -0.4 is 14.8 Å². The minimum Gasteiger partial charge on any atom is -0.486 e. The lowest BCUT2D eigenvalue weighted by Gasteiger charge is -2.26. The summed E-state index contributed by atoms with van der Waals surface area (Å²) in [6.07, 6.45) is 6.55. The molecule has 23 heavy (non-hydrogen) atoms. The first-order valence-electron chi connectivity index (χ1n) is 8.00. The van der Waals surface area contributed by atoms with Crippen LogP contribution in [0, 0.1) is 5.92 Å². The molecule has 6 nitrogen and oxygen atoms in total. The molecule has 1 unspecified atom stereocenters. The molecule has 120 valence electrons. The Balaban J connectivity index is 1.36. The summed E-state index contributed by atoms with van der Waals surface area (Å²) in [6, 6.07) is 7.64. The van der Waals surface area contributed by atoms with E-state index in [0.717, 1.165) is 36.4 Å². The zero-order chi connectivity index (χ0) is 15.6. The number of ether oxygens (including phenoxy) is 2. The third-order valence-electron chi connectivity index (χ3n) is 4.33. The van der Waals surface area contributed by atoms with E-state index in [-0.39, 0.29) is 17.9 Å². The molecule has 1 saturated carbocycles. The second-order valence-electron chi connectivity index (χ2n) is 6.07. The van der Waals surface area contributed by atoms with E-state index in [1.165, 1.54) is 0 Å². The Bertz CT molecular complexity index is 709. The van der Waals surface area contributed by atoms with Gasteiger partial charge in [0.2, 0.25) is 5.91 Å². The van der Waals surface area contributed by atoms with E-state index in [1.807, 2.05) is 30.5 Å². The molecule has 1 aromatic carbocycles. The van der Waals surface area contributed by atoms with E-state index in [1.54, 1.807) is 10.9 Å². The minimum absolute atomic E-state index is 0.0972. The SMILES string of the molecule is O=C(Nc1cnn(CC2COc3ccccc3O2)c1)C1CCC1. The molecule has 1 amide bonds. The first-order valence-corrected chi connectivity index (χ1v) is 8.00. The zero-order valence-electron chi connectivity index (χ0n) is 12.8. The monoisotopic (exact) mass is 313 g/mol. The Morgan fingerprint density at radius 1 is 1.30 bits per heavy atom. The molecular formula is C17H19N3O3. The highest BCUT2D eigenvalue weighted by molar-refractivity contribution is 5.92. The molecule has 2 aliphatic rings. The number of carbonyl (C=O) groups excluding carboxylic acids is 1. The number of aromatic nitrogens is 2. The van der Waals surface area contributed by atoms with Crippen molar-refractivity contribution in [3.05, 3.63) is 36.7 Å². The Kier molecular flexibility index (Phi) is 3.65. The second kappa shape index (κ2) is 5.95.